The zero-order chi connectivity index (χ0) is 21.6. The molecule has 4 rings (SSSR count). The average molecular weight is 418 g/mol. The molecule has 0 fully saturated rings. The Bertz CT molecular complexity index is 1130. The number of hydrogen-bond acceptors (Lipinski definition) is 7. The van der Waals surface area contributed by atoms with Gasteiger partial charge in [0.15, 0.2) is 5.65 Å². The Kier molecular flexibility index (Phi) is 6.37. The molecule has 0 spiro atoms. The van der Waals surface area contributed by atoms with Crippen LogP contribution in [0, 0.1) is 0 Å². The SMILES string of the molecule is CCc1cnn2c(NCc3ccc(-c4ccccn4)cc3)nc(NC(C)CCO)nc12. The molecule has 1 aromatic carbocycles. The van der Waals surface area contributed by atoms with Gasteiger partial charge in [0.25, 0.3) is 0 Å². The predicted molar refractivity (Wildman–Crippen MR) is 122 cm³/mol. The minimum absolute atomic E-state index is 0.0624. The van der Waals surface area contributed by atoms with Crippen LogP contribution in [0.25, 0.3) is 16.9 Å². The molecular weight excluding hydrogens is 390 g/mol. The van der Waals surface area contributed by atoms with E-state index in [1.807, 2.05) is 31.3 Å². The number of hydrogen-bond donors (Lipinski definition) is 3. The third-order valence-electron chi connectivity index (χ3n) is 5.12. The number of fused-ring (bicyclic) bond motifs is 1. The largest absolute Gasteiger partial charge is 0.396 e. The molecule has 1 unspecified atom stereocenters. The summed E-state index contributed by atoms with van der Waals surface area (Å²) in [5.74, 6) is 1.15. The van der Waals surface area contributed by atoms with Crippen LogP contribution < -0.4 is 10.6 Å². The highest BCUT2D eigenvalue weighted by Crippen LogP contribution is 2.19. The molecule has 0 aliphatic heterocycles. The molecule has 3 aromatic heterocycles. The smallest absolute Gasteiger partial charge is 0.229 e. The number of aliphatic hydroxyl groups excluding tert-OH is 1. The number of pyridine rings is 1. The van der Waals surface area contributed by atoms with E-state index in [1.54, 1.807) is 10.7 Å². The van der Waals surface area contributed by atoms with Crippen LogP contribution in [0.4, 0.5) is 11.9 Å². The Morgan fingerprint density at radius 2 is 1.94 bits per heavy atom. The monoisotopic (exact) mass is 417 g/mol. The first-order chi connectivity index (χ1) is 15.2. The summed E-state index contributed by atoms with van der Waals surface area (Å²) in [6.45, 7) is 4.79. The van der Waals surface area contributed by atoms with Gasteiger partial charge in [-0.1, -0.05) is 37.3 Å². The van der Waals surface area contributed by atoms with E-state index in [4.69, 9.17) is 0 Å². The normalized spacial score (nSPS) is 12.1. The summed E-state index contributed by atoms with van der Waals surface area (Å²) < 4.78 is 1.74. The molecule has 31 heavy (non-hydrogen) atoms. The van der Waals surface area contributed by atoms with Crippen LogP contribution in [-0.2, 0) is 13.0 Å². The molecule has 0 aliphatic rings. The molecular formula is C23H27N7O. The van der Waals surface area contributed by atoms with Crippen molar-refractivity contribution in [3.05, 3.63) is 66.0 Å². The number of benzene rings is 1. The van der Waals surface area contributed by atoms with Gasteiger partial charge in [0.2, 0.25) is 11.9 Å². The van der Waals surface area contributed by atoms with Gasteiger partial charge >= 0.3 is 0 Å². The summed E-state index contributed by atoms with van der Waals surface area (Å²) in [5, 5.41) is 20.3. The maximum Gasteiger partial charge on any atom is 0.229 e. The highest BCUT2D eigenvalue weighted by molar-refractivity contribution is 5.59. The maximum absolute atomic E-state index is 9.18. The molecule has 3 N–H and O–H groups in total. The van der Waals surface area contributed by atoms with Crippen LogP contribution in [0.3, 0.4) is 0 Å². The van der Waals surface area contributed by atoms with Gasteiger partial charge in [0.05, 0.1) is 11.9 Å². The minimum atomic E-state index is 0.0624. The fourth-order valence-corrected chi connectivity index (χ4v) is 3.35. The fraction of sp³-hybridized carbons (Fsp3) is 0.304. The number of aryl methyl sites for hydroxylation is 1. The second kappa shape index (κ2) is 9.53. The van der Waals surface area contributed by atoms with Gasteiger partial charge in [0, 0.05) is 36.5 Å². The summed E-state index contributed by atoms with van der Waals surface area (Å²) in [6, 6.07) is 14.3. The first-order valence-electron chi connectivity index (χ1n) is 10.5. The standard InChI is InChI=1S/C23H27N7O/c1-3-18-15-26-30-21(18)28-22(27-16(2)11-13-31)29-23(30)25-14-17-7-9-19(10-8-17)20-6-4-5-12-24-20/h4-10,12,15-16,31H,3,11,13-14H2,1-2H3,(H2,25,27,28,29). The van der Waals surface area contributed by atoms with Crippen LogP contribution >= 0.6 is 0 Å². The quantitative estimate of drug-likeness (QED) is 0.383. The highest BCUT2D eigenvalue weighted by Gasteiger charge is 2.13. The average Bonchev–Trinajstić information content (AvgIpc) is 3.22. The third kappa shape index (κ3) is 4.80. The van der Waals surface area contributed by atoms with Crippen LogP contribution in [0.5, 0.6) is 0 Å². The van der Waals surface area contributed by atoms with Crippen molar-refractivity contribution in [1.29, 1.82) is 0 Å². The van der Waals surface area contributed by atoms with E-state index >= 15 is 0 Å². The van der Waals surface area contributed by atoms with Gasteiger partial charge < -0.3 is 15.7 Å². The zero-order valence-corrected chi connectivity index (χ0v) is 17.8. The molecule has 0 aliphatic carbocycles. The maximum atomic E-state index is 9.18. The summed E-state index contributed by atoms with van der Waals surface area (Å²) in [5.41, 5.74) is 5.00. The van der Waals surface area contributed by atoms with Crippen molar-refractivity contribution < 1.29 is 5.11 Å². The summed E-state index contributed by atoms with van der Waals surface area (Å²) in [6.07, 6.45) is 5.09. The number of nitrogens with one attached hydrogen (secondary N) is 2. The Morgan fingerprint density at radius 1 is 1.10 bits per heavy atom. The van der Waals surface area contributed by atoms with Gasteiger partial charge in [0.1, 0.15) is 0 Å². The van der Waals surface area contributed by atoms with Gasteiger partial charge in [-0.3, -0.25) is 4.98 Å². The van der Waals surface area contributed by atoms with Crippen LogP contribution in [0.2, 0.25) is 0 Å². The van der Waals surface area contributed by atoms with E-state index in [0.29, 0.717) is 24.9 Å². The third-order valence-corrected chi connectivity index (χ3v) is 5.12. The van der Waals surface area contributed by atoms with Crippen molar-refractivity contribution in [2.24, 2.45) is 0 Å². The lowest BCUT2D eigenvalue weighted by atomic mass is 10.1. The van der Waals surface area contributed by atoms with Crippen LogP contribution in [0.15, 0.2) is 54.9 Å². The van der Waals surface area contributed by atoms with E-state index in [0.717, 1.165) is 34.5 Å². The molecule has 8 nitrogen and oxygen atoms in total. The molecule has 4 aromatic rings. The predicted octanol–water partition coefficient (Wildman–Crippen LogP) is 3.54. The molecule has 0 amide bonds. The van der Waals surface area contributed by atoms with E-state index in [9.17, 15) is 5.11 Å². The van der Waals surface area contributed by atoms with Crippen LogP contribution in [-0.4, -0.2) is 42.3 Å². The van der Waals surface area contributed by atoms with Gasteiger partial charge in [-0.15, -0.1) is 0 Å². The number of anilines is 2. The Balaban J connectivity index is 1.55. The van der Waals surface area contributed by atoms with Gasteiger partial charge in [-0.05, 0) is 37.5 Å². The molecule has 0 saturated carbocycles. The Hall–Kier alpha value is -3.52. The summed E-state index contributed by atoms with van der Waals surface area (Å²) >= 11 is 0. The van der Waals surface area contributed by atoms with Crippen molar-refractivity contribution in [3.63, 3.8) is 0 Å². The summed E-state index contributed by atoms with van der Waals surface area (Å²) in [4.78, 5) is 13.7. The van der Waals surface area contributed by atoms with Crippen molar-refractivity contribution in [3.8, 4) is 11.3 Å². The lowest BCUT2D eigenvalue weighted by Gasteiger charge is -2.14. The molecule has 1 atom stereocenters. The minimum Gasteiger partial charge on any atom is -0.396 e. The fourth-order valence-electron chi connectivity index (χ4n) is 3.35. The Labute approximate surface area is 181 Å². The van der Waals surface area contributed by atoms with E-state index < -0.39 is 0 Å². The second-order valence-corrected chi connectivity index (χ2v) is 7.45. The number of aliphatic hydroxyl groups is 1. The van der Waals surface area contributed by atoms with Crippen LogP contribution in [0.1, 0.15) is 31.4 Å². The number of rotatable bonds is 9. The van der Waals surface area contributed by atoms with Gasteiger partial charge in [-0.25, -0.2) is 0 Å². The molecule has 0 saturated heterocycles. The van der Waals surface area contributed by atoms with E-state index in [1.165, 1.54) is 0 Å². The number of aromatic nitrogens is 5. The molecule has 160 valence electrons. The first kappa shape index (κ1) is 20.7. The topological polar surface area (TPSA) is 100 Å². The van der Waals surface area contributed by atoms with Gasteiger partial charge in [-0.2, -0.15) is 19.6 Å². The lowest BCUT2D eigenvalue weighted by Crippen LogP contribution is -2.20. The molecule has 3 heterocycles. The summed E-state index contributed by atoms with van der Waals surface area (Å²) in [7, 11) is 0. The van der Waals surface area contributed by atoms with E-state index in [2.05, 4.69) is 61.9 Å². The lowest BCUT2D eigenvalue weighted by molar-refractivity contribution is 0.282. The second-order valence-electron chi connectivity index (χ2n) is 7.45. The van der Waals surface area contributed by atoms with Crippen molar-refractivity contribution in [2.75, 3.05) is 17.2 Å². The van der Waals surface area contributed by atoms with Crippen molar-refractivity contribution in [2.45, 2.75) is 39.3 Å². The van der Waals surface area contributed by atoms with Crippen molar-refractivity contribution >= 4 is 17.5 Å². The molecule has 0 bridgehead atoms. The Morgan fingerprint density at radius 3 is 2.65 bits per heavy atom. The zero-order valence-electron chi connectivity index (χ0n) is 17.8. The van der Waals surface area contributed by atoms with E-state index in [-0.39, 0.29) is 12.6 Å². The van der Waals surface area contributed by atoms with Crippen molar-refractivity contribution in [1.82, 2.24) is 24.6 Å². The molecule has 0 radical (unpaired) electrons. The highest BCUT2D eigenvalue weighted by atomic mass is 16.3. The first-order valence-corrected chi connectivity index (χ1v) is 10.5. The number of nitrogens with zero attached hydrogens (tertiary/aromatic N) is 5. The molecule has 8 heteroatoms.